The lowest BCUT2D eigenvalue weighted by Crippen LogP contribution is -2.28. The molecule has 1 atom stereocenters. The van der Waals surface area contributed by atoms with Crippen LogP contribution in [0.5, 0.6) is 0 Å². The monoisotopic (exact) mass is 283 g/mol. The molecular formula is C11H13ClF3NO2. The maximum absolute atomic E-state index is 12.3. The third-order valence-corrected chi connectivity index (χ3v) is 2.13. The minimum Gasteiger partial charge on any atom is -0.462 e. The first-order valence-corrected chi connectivity index (χ1v) is 4.95. The van der Waals surface area contributed by atoms with E-state index in [4.69, 9.17) is 10.5 Å². The van der Waals surface area contributed by atoms with Gasteiger partial charge in [-0.2, -0.15) is 13.2 Å². The predicted octanol–water partition coefficient (Wildman–Crippen LogP) is 2.85. The average Bonchev–Trinajstić information content (AvgIpc) is 2.27. The molecule has 2 N–H and O–H groups in total. The van der Waals surface area contributed by atoms with Crippen LogP contribution in [0.4, 0.5) is 13.2 Å². The van der Waals surface area contributed by atoms with Gasteiger partial charge >= 0.3 is 12.1 Å². The first kappa shape index (κ1) is 16.7. The van der Waals surface area contributed by atoms with E-state index < -0.39 is 18.2 Å². The van der Waals surface area contributed by atoms with Gasteiger partial charge in [0.05, 0.1) is 12.2 Å². The van der Waals surface area contributed by atoms with Crippen molar-refractivity contribution >= 4 is 18.4 Å². The number of alkyl halides is 3. The maximum Gasteiger partial charge on any atom is 0.407 e. The summed E-state index contributed by atoms with van der Waals surface area (Å²) in [6.45, 7) is 1.86. The van der Waals surface area contributed by atoms with Gasteiger partial charge in [-0.15, -0.1) is 12.4 Å². The summed E-state index contributed by atoms with van der Waals surface area (Å²) < 4.78 is 41.6. The Bertz CT molecular complexity index is 392. The molecular weight excluding hydrogens is 271 g/mol. The van der Waals surface area contributed by atoms with Crippen molar-refractivity contribution in [2.45, 2.75) is 19.1 Å². The Morgan fingerprint density at radius 1 is 1.33 bits per heavy atom. The summed E-state index contributed by atoms with van der Waals surface area (Å²) in [5, 5.41) is 0. The second-order valence-electron chi connectivity index (χ2n) is 3.36. The van der Waals surface area contributed by atoms with Crippen LogP contribution in [0.3, 0.4) is 0 Å². The molecule has 0 unspecified atom stereocenters. The molecule has 102 valence electrons. The summed E-state index contributed by atoms with van der Waals surface area (Å²) in [6, 6.07) is 2.82. The largest absolute Gasteiger partial charge is 0.462 e. The number of carbonyl (C=O) groups is 1. The molecule has 0 radical (unpaired) electrons. The molecule has 1 aromatic rings. The Kier molecular flexibility index (Phi) is 6.14. The lowest BCUT2D eigenvalue weighted by atomic mass is 10.1. The zero-order chi connectivity index (χ0) is 13.1. The number of benzene rings is 1. The maximum atomic E-state index is 12.3. The van der Waals surface area contributed by atoms with Crippen molar-refractivity contribution in [3.05, 3.63) is 35.4 Å². The zero-order valence-electron chi connectivity index (χ0n) is 9.53. The van der Waals surface area contributed by atoms with Gasteiger partial charge in [0, 0.05) is 0 Å². The third kappa shape index (κ3) is 4.19. The minimum atomic E-state index is -4.49. The van der Waals surface area contributed by atoms with Crippen molar-refractivity contribution in [3.8, 4) is 0 Å². The Balaban J connectivity index is 0.00000289. The summed E-state index contributed by atoms with van der Waals surface area (Å²) in [6.07, 6.45) is -4.49. The van der Waals surface area contributed by atoms with Crippen LogP contribution in [0, 0.1) is 0 Å². The van der Waals surface area contributed by atoms with Crippen LogP contribution in [0.25, 0.3) is 0 Å². The van der Waals surface area contributed by atoms with Crippen LogP contribution < -0.4 is 5.73 Å². The lowest BCUT2D eigenvalue weighted by molar-refractivity contribution is -0.149. The van der Waals surface area contributed by atoms with Crippen molar-refractivity contribution in [3.63, 3.8) is 0 Å². The van der Waals surface area contributed by atoms with E-state index in [0.717, 1.165) is 0 Å². The van der Waals surface area contributed by atoms with Crippen molar-refractivity contribution < 1.29 is 22.7 Å². The number of halogens is 4. The van der Waals surface area contributed by atoms with E-state index in [1.807, 2.05) is 0 Å². The predicted molar refractivity (Wildman–Crippen MR) is 62.6 cm³/mol. The van der Waals surface area contributed by atoms with Crippen molar-refractivity contribution in [2.75, 3.05) is 6.61 Å². The fraction of sp³-hybridized carbons (Fsp3) is 0.364. The number of carbonyl (C=O) groups excluding carboxylic acids is 1. The highest BCUT2D eigenvalue weighted by Gasteiger charge is 2.37. The Labute approximate surface area is 109 Å². The van der Waals surface area contributed by atoms with Crippen LogP contribution >= 0.6 is 12.4 Å². The highest BCUT2D eigenvalue weighted by molar-refractivity contribution is 5.89. The Morgan fingerprint density at radius 3 is 2.22 bits per heavy atom. The highest BCUT2D eigenvalue weighted by Crippen LogP contribution is 2.30. The van der Waals surface area contributed by atoms with Gasteiger partial charge in [-0.3, -0.25) is 0 Å². The minimum absolute atomic E-state index is 0. The van der Waals surface area contributed by atoms with E-state index in [1.54, 1.807) is 6.92 Å². The second-order valence-corrected chi connectivity index (χ2v) is 3.36. The number of hydrogen-bond acceptors (Lipinski definition) is 3. The molecule has 0 aliphatic carbocycles. The number of ether oxygens (including phenoxy) is 1. The molecule has 0 saturated carbocycles. The standard InChI is InChI=1S/C11H12F3NO2.ClH/c1-2-17-10(16)8-5-3-7(4-6-8)9(15)11(12,13)14;/h3-6,9H,2,15H2,1H3;1H/t9-;/m1./s1. The number of nitrogens with two attached hydrogens (primary N) is 1. The van der Waals surface area contributed by atoms with E-state index >= 15 is 0 Å². The molecule has 0 aliphatic heterocycles. The van der Waals surface area contributed by atoms with Gasteiger partial charge < -0.3 is 10.5 Å². The quantitative estimate of drug-likeness (QED) is 0.868. The van der Waals surface area contributed by atoms with Crippen molar-refractivity contribution in [1.29, 1.82) is 0 Å². The normalized spacial score (nSPS) is 12.5. The Hall–Kier alpha value is -1.27. The first-order valence-electron chi connectivity index (χ1n) is 4.95. The lowest BCUT2D eigenvalue weighted by Gasteiger charge is -2.15. The number of hydrogen-bond donors (Lipinski definition) is 1. The highest BCUT2D eigenvalue weighted by atomic mass is 35.5. The summed E-state index contributed by atoms with van der Waals surface area (Å²) in [5.41, 5.74) is 5.12. The van der Waals surface area contributed by atoms with Gasteiger partial charge in [-0.05, 0) is 24.6 Å². The van der Waals surface area contributed by atoms with Gasteiger partial charge in [-0.1, -0.05) is 12.1 Å². The first-order chi connectivity index (χ1) is 7.86. The zero-order valence-corrected chi connectivity index (χ0v) is 10.3. The molecule has 0 amide bonds. The molecule has 0 spiro atoms. The summed E-state index contributed by atoms with van der Waals surface area (Å²) in [7, 11) is 0. The van der Waals surface area contributed by atoms with Crippen LogP contribution in [0.15, 0.2) is 24.3 Å². The molecule has 1 aromatic carbocycles. The number of rotatable bonds is 3. The van der Waals surface area contributed by atoms with Crippen molar-refractivity contribution in [2.24, 2.45) is 5.73 Å². The van der Waals surface area contributed by atoms with Crippen LogP contribution in [0.1, 0.15) is 28.9 Å². The number of esters is 1. The van der Waals surface area contributed by atoms with Crippen LogP contribution in [-0.4, -0.2) is 18.8 Å². The molecule has 0 aliphatic rings. The summed E-state index contributed by atoms with van der Waals surface area (Å²) in [5.74, 6) is -0.570. The molecule has 0 bridgehead atoms. The molecule has 1 rings (SSSR count). The van der Waals surface area contributed by atoms with Gasteiger partial charge in [0.1, 0.15) is 6.04 Å². The van der Waals surface area contributed by atoms with Gasteiger partial charge in [0.15, 0.2) is 0 Å². The van der Waals surface area contributed by atoms with Crippen LogP contribution in [-0.2, 0) is 4.74 Å². The molecule has 0 heterocycles. The molecule has 0 fully saturated rings. The molecule has 7 heteroatoms. The van der Waals surface area contributed by atoms with E-state index in [1.165, 1.54) is 24.3 Å². The summed E-state index contributed by atoms with van der Waals surface area (Å²) in [4.78, 5) is 11.2. The Morgan fingerprint density at radius 2 is 1.83 bits per heavy atom. The molecule has 0 aromatic heterocycles. The summed E-state index contributed by atoms with van der Waals surface area (Å²) >= 11 is 0. The van der Waals surface area contributed by atoms with Gasteiger partial charge in [-0.25, -0.2) is 4.79 Å². The third-order valence-electron chi connectivity index (χ3n) is 2.13. The van der Waals surface area contributed by atoms with Crippen molar-refractivity contribution in [1.82, 2.24) is 0 Å². The smallest absolute Gasteiger partial charge is 0.407 e. The van der Waals surface area contributed by atoms with E-state index in [-0.39, 0.29) is 30.1 Å². The van der Waals surface area contributed by atoms with E-state index in [9.17, 15) is 18.0 Å². The van der Waals surface area contributed by atoms with Gasteiger partial charge in [0.25, 0.3) is 0 Å². The molecule has 3 nitrogen and oxygen atoms in total. The molecule has 18 heavy (non-hydrogen) atoms. The fourth-order valence-electron chi connectivity index (χ4n) is 1.23. The van der Waals surface area contributed by atoms with E-state index in [0.29, 0.717) is 0 Å². The topological polar surface area (TPSA) is 52.3 Å². The SMILES string of the molecule is CCOC(=O)c1ccc([C@@H](N)C(F)(F)F)cc1.Cl. The van der Waals surface area contributed by atoms with Crippen LogP contribution in [0.2, 0.25) is 0 Å². The average molecular weight is 284 g/mol. The van der Waals surface area contributed by atoms with Gasteiger partial charge in [0.2, 0.25) is 0 Å². The molecule has 0 saturated heterocycles. The second kappa shape index (κ2) is 6.61. The fourth-order valence-corrected chi connectivity index (χ4v) is 1.23. The van der Waals surface area contributed by atoms with E-state index in [2.05, 4.69) is 0 Å².